The molecule has 2 aromatic carbocycles. The molecule has 0 aliphatic heterocycles. The van der Waals surface area contributed by atoms with Crippen molar-refractivity contribution in [1.82, 2.24) is 0 Å². The molecule has 156 valence electrons. The fraction of sp³-hybridized carbons (Fsp3) is 0.385. The van der Waals surface area contributed by atoms with Gasteiger partial charge in [-0.3, -0.25) is 0 Å². The van der Waals surface area contributed by atoms with Crippen LogP contribution in [0.25, 0.3) is 6.08 Å². The van der Waals surface area contributed by atoms with Crippen LogP contribution >= 0.6 is 0 Å². The van der Waals surface area contributed by atoms with E-state index in [1.54, 1.807) is 0 Å². The first-order valence-electron chi connectivity index (χ1n) is 11.0. The maximum atomic E-state index is 13.2. The van der Waals surface area contributed by atoms with E-state index >= 15 is 0 Å². The highest BCUT2D eigenvalue weighted by Gasteiger charge is 2.33. The van der Waals surface area contributed by atoms with Crippen LogP contribution in [0.3, 0.4) is 0 Å². The molecule has 2 aliphatic carbocycles. The van der Waals surface area contributed by atoms with Gasteiger partial charge in [-0.15, -0.1) is 0 Å². The molecule has 0 saturated heterocycles. The van der Waals surface area contributed by atoms with E-state index in [4.69, 9.17) is 4.84 Å². The molecule has 2 saturated carbocycles. The van der Waals surface area contributed by atoms with Gasteiger partial charge in [-0.05, 0) is 79.5 Å². The SMILES string of the molecule is O=C(ON=C1C(=Cc2ccccc2)CCCC1C1CCCCC1)c1ccc(F)cc1. The average Bonchev–Trinajstić information content (AvgIpc) is 2.79. The van der Waals surface area contributed by atoms with E-state index in [0.717, 1.165) is 36.1 Å². The predicted molar refractivity (Wildman–Crippen MR) is 118 cm³/mol. The third kappa shape index (κ3) is 5.05. The first kappa shape index (κ1) is 20.5. The van der Waals surface area contributed by atoms with Gasteiger partial charge in [-0.1, -0.05) is 54.8 Å². The maximum absolute atomic E-state index is 13.2. The Hall–Kier alpha value is -2.75. The Balaban J connectivity index is 1.62. The lowest BCUT2D eigenvalue weighted by atomic mass is 9.71. The van der Waals surface area contributed by atoms with Crippen LogP contribution < -0.4 is 0 Å². The van der Waals surface area contributed by atoms with Crippen LogP contribution in [0.2, 0.25) is 0 Å². The van der Waals surface area contributed by atoms with Crippen molar-refractivity contribution in [2.75, 3.05) is 0 Å². The minimum Gasteiger partial charge on any atom is -0.313 e. The van der Waals surface area contributed by atoms with Crippen molar-refractivity contribution in [3.63, 3.8) is 0 Å². The van der Waals surface area contributed by atoms with Crippen molar-refractivity contribution < 1.29 is 14.0 Å². The maximum Gasteiger partial charge on any atom is 0.365 e. The lowest BCUT2D eigenvalue weighted by Gasteiger charge is -2.34. The normalized spacial score (nSPS) is 22.9. The fourth-order valence-corrected chi connectivity index (χ4v) is 4.76. The summed E-state index contributed by atoms with van der Waals surface area (Å²) in [6.45, 7) is 0. The topological polar surface area (TPSA) is 38.7 Å². The molecule has 0 heterocycles. The van der Waals surface area contributed by atoms with Crippen molar-refractivity contribution in [1.29, 1.82) is 0 Å². The molecule has 2 aromatic rings. The van der Waals surface area contributed by atoms with Crippen molar-refractivity contribution in [3.05, 3.63) is 77.1 Å². The highest BCUT2D eigenvalue weighted by Crippen LogP contribution is 2.39. The van der Waals surface area contributed by atoms with Gasteiger partial charge in [-0.25, -0.2) is 9.18 Å². The molecule has 0 amide bonds. The fourth-order valence-electron chi connectivity index (χ4n) is 4.76. The van der Waals surface area contributed by atoms with Crippen LogP contribution in [0.1, 0.15) is 67.3 Å². The molecule has 0 N–H and O–H groups in total. The molecular formula is C26H28FNO2. The summed E-state index contributed by atoms with van der Waals surface area (Å²) in [7, 11) is 0. The molecule has 0 spiro atoms. The second-order valence-electron chi connectivity index (χ2n) is 8.34. The Morgan fingerprint density at radius 1 is 0.933 bits per heavy atom. The number of hydrogen-bond donors (Lipinski definition) is 0. The van der Waals surface area contributed by atoms with E-state index in [2.05, 4.69) is 23.4 Å². The van der Waals surface area contributed by atoms with Gasteiger partial charge >= 0.3 is 5.97 Å². The summed E-state index contributed by atoms with van der Waals surface area (Å²) in [5.74, 6) is 0.00152. The Bertz CT molecular complexity index is 912. The number of halogens is 1. The highest BCUT2D eigenvalue weighted by molar-refractivity contribution is 6.06. The lowest BCUT2D eigenvalue weighted by Crippen LogP contribution is -2.30. The average molecular weight is 406 g/mol. The van der Waals surface area contributed by atoms with Crippen LogP contribution in [-0.4, -0.2) is 11.7 Å². The largest absolute Gasteiger partial charge is 0.365 e. The molecule has 1 unspecified atom stereocenters. The van der Waals surface area contributed by atoms with Crippen molar-refractivity contribution in [2.24, 2.45) is 17.0 Å². The molecule has 1 atom stereocenters. The van der Waals surface area contributed by atoms with Crippen LogP contribution in [-0.2, 0) is 4.84 Å². The lowest BCUT2D eigenvalue weighted by molar-refractivity contribution is 0.0511. The first-order chi connectivity index (χ1) is 14.7. The van der Waals surface area contributed by atoms with Gasteiger partial charge in [0.1, 0.15) is 5.82 Å². The number of nitrogens with zero attached hydrogens (tertiary/aromatic N) is 1. The van der Waals surface area contributed by atoms with Crippen molar-refractivity contribution in [2.45, 2.75) is 51.4 Å². The minimum atomic E-state index is -0.547. The minimum absolute atomic E-state index is 0.305. The molecular weight excluding hydrogens is 377 g/mol. The molecule has 4 rings (SSSR count). The number of allylic oxidation sites excluding steroid dienone is 1. The number of rotatable bonds is 4. The van der Waals surface area contributed by atoms with E-state index in [-0.39, 0.29) is 5.82 Å². The van der Waals surface area contributed by atoms with Gasteiger partial charge in [0, 0.05) is 5.92 Å². The number of carbonyl (C=O) groups is 1. The van der Waals surface area contributed by atoms with Crippen molar-refractivity contribution in [3.8, 4) is 0 Å². The number of benzene rings is 2. The summed E-state index contributed by atoms with van der Waals surface area (Å²) in [5, 5.41) is 4.42. The highest BCUT2D eigenvalue weighted by atomic mass is 19.1. The molecule has 4 heteroatoms. The Morgan fingerprint density at radius 3 is 2.40 bits per heavy atom. The Kier molecular flexibility index (Phi) is 6.73. The number of carbonyl (C=O) groups excluding carboxylic acids is 1. The smallest absolute Gasteiger partial charge is 0.313 e. The van der Waals surface area contributed by atoms with Crippen LogP contribution in [0.4, 0.5) is 4.39 Å². The molecule has 2 aliphatic rings. The Morgan fingerprint density at radius 2 is 1.67 bits per heavy atom. The quantitative estimate of drug-likeness (QED) is 0.414. The van der Waals surface area contributed by atoms with Gasteiger partial charge in [0.2, 0.25) is 0 Å². The van der Waals surface area contributed by atoms with E-state index in [1.807, 2.05) is 18.2 Å². The summed E-state index contributed by atoms with van der Waals surface area (Å²) >= 11 is 0. The van der Waals surface area contributed by atoms with Crippen molar-refractivity contribution >= 4 is 17.8 Å². The standard InChI is InChI=1S/C26H28FNO2/c27-23-16-14-21(15-17-23)26(29)30-28-25-22(18-19-8-3-1-4-9-19)12-7-13-24(25)20-10-5-2-6-11-20/h1,3-4,8-9,14-18,20,24H,2,5-7,10-13H2. The molecule has 0 bridgehead atoms. The third-order valence-corrected chi connectivity index (χ3v) is 6.31. The van der Waals surface area contributed by atoms with Crippen LogP contribution in [0, 0.1) is 17.7 Å². The summed E-state index contributed by atoms with van der Waals surface area (Å²) < 4.78 is 13.2. The molecule has 2 fully saturated rings. The van der Waals surface area contributed by atoms with Crippen LogP contribution in [0.15, 0.2) is 65.3 Å². The molecule has 30 heavy (non-hydrogen) atoms. The van der Waals surface area contributed by atoms with Gasteiger partial charge < -0.3 is 4.84 Å². The van der Waals surface area contributed by atoms with Gasteiger partial charge in [0.15, 0.2) is 0 Å². The van der Waals surface area contributed by atoms with Crippen LogP contribution in [0.5, 0.6) is 0 Å². The zero-order valence-corrected chi connectivity index (χ0v) is 17.2. The summed E-state index contributed by atoms with van der Waals surface area (Å²) in [4.78, 5) is 17.9. The number of hydrogen-bond acceptors (Lipinski definition) is 3. The molecule has 3 nitrogen and oxygen atoms in total. The van der Waals surface area contributed by atoms with Gasteiger partial charge in [0.25, 0.3) is 0 Å². The van der Waals surface area contributed by atoms with E-state index in [9.17, 15) is 9.18 Å². The summed E-state index contributed by atoms with van der Waals surface area (Å²) in [6.07, 6.45) is 11.6. The van der Waals surface area contributed by atoms with E-state index in [0.29, 0.717) is 17.4 Å². The zero-order valence-electron chi connectivity index (χ0n) is 17.2. The third-order valence-electron chi connectivity index (χ3n) is 6.31. The second-order valence-corrected chi connectivity index (χ2v) is 8.34. The Labute approximate surface area is 177 Å². The summed E-state index contributed by atoms with van der Waals surface area (Å²) in [6, 6.07) is 15.6. The van der Waals surface area contributed by atoms with E-state index < -0.39 is 5.97 Å². The molecule has 0 radical (unpaired) electrons. The predicted octanol–water partition coefficient (Wildman–Crippen LogP) is 6.80. The first-order valence-corrected chi connectivity index (χ1v) is 11.0. The molecule has 0 aromatic heterocycles. The second kappa shape index (κ2) is 9.84. The number of oxime groups is 1. The summed E-state index contributed by atoms with van der Waals surface area (Å²) in [5.41, 5.74) is 3.52. The van der Waals surface area contributed by atoms with E-state index in [1.165, 1.54) is 56.4 Å². The monoisotopic (exact) mass is 405 g/mol. The van der Waals surface area contributed by atoms with Gasteiger partial charge in [-0.2, -0.15) is 0 Å². The van der Waals surface area contributed by atoms with Gasteiger partial charge in [0.05, 0.1) is 11.3 Å². The zero-order chi connectivity index (χ0) is 20.8.